The first kappa shape index (κ1) is 16.4. The van der Waals surface area contributed by atoms with Crippen molar-refractivity contribution in [3.63, 3.8) is 0 Å². The largest absolute Gasteiger partial charge is 0.360 e. The first-order chi connectivity index (χ1) is 9.85. The number of rotatable bonds is 6. The van der Waals surface area contributed by atoms with Crippen molar-refractivity contribution in [2.75, 3.05) is 6.61 Å². The third-order valence-electron chi connectivity index (χ3n) is 3.18. The number of aryl methyl sites for hydroxylation is 1. The minimum Gasteiger partial charge on any atom is -0.360 e. The van der Waals surface area contributed by atoms with Gasteiger partial charge in [-0.1, -0.05) is 19.6 Å². The lowest BCUT2D eigenvalue weighted by atomic mass is 10.2. The molecule has 21 heavy (non-hydrogen) atoms. The summed E-state index contributed by atoms with van der Waals surface area (Å²) in [6.45, 7) is 10.4. The molecule has 0 unspecified atom stereocenters. The number of hydrogen-bond donors (Lipinski definition) is 0. The van der Waals surface area contributed by atoms with E-state index in [4.69, 9.17) is 4.74 Å². The average molecular weight is 368 g/mol. The van der Waals surface area contributed by atoms with E-state index in [0.717, 1.165) is 28.2 Å². The average Bonchev–Trinajstić information content (AvgIpc) is 2.76. The van der Waals surface area contributed by atoms with Gasteiger partial charge in [0.1, 0.15) is 12.4 Å². The van der Waals surface area contributed by atoms with E-state index in [1.165, 1.54) is 6.04 Å². The van der Waals surface area contributed by atoms with Gasteiger partial charge in [0.2, 0.25) is 0 Å². The lowest BCUT2D eigenvalue weighted by Crippen LogP contribution is -2.22. The minimum absolute atomic E-state index is 0.507. The standard InChI is InChI=1S/C15H22BrN3OSi/c1-12-9-15(14-6-5-13(16)10-17-14)18-19(12)11-20-7-8-21(2,3)4/h5-6,9-10H,7-8,11H2,1-4H3. The van der Waals surface area contributed by atoms with Gasteiger partial charge in [0.05, 0.1) is 5.69 Å². The molecule has 0 aliphatic carbocycles. The van der Waals surface area contributed by atoms with Crippen molar-refractivity contribution in [3.05, 3.63) is 34.6 Å². The van der Waals surface area contributed by atoms with Gasteiger partial charge < -0.3 is 4.74 Å². The van der Waals surface area contributed by atoms with Crippen LogP contribution in [0.1, 0.15) is 5.69 Å². The van der Waals surface area contributed by atoms with Crippen LogP contribution in [0.4, 0.5) is 0 Å². The van der Waals surface area contributed by atoms with E-state index in [1.54, 1.807) is 6.20 Å². The molecule has 0 aliphatic heterocycles. The second-order valence-corrected chi connectivity index (χ2v) is 12.9. The summed E-state index contributed by atoms with van der Waals surface area (Å²) in [6.07, 6.45) is 1.79. The van der Waals surface area contributed by atoms with Crippen molar-refractivity contribution >= 4 is 24.0 Å². The second kappa shape index (κ2) is 6.85. The first-order valence-corrected chi connectivity index (χ1v) is 11.6. The molecule has 0 spiro atoms. The highest BCUT2D eigenvalue weighted by Gasteiger charge is 2.12. The molecule has 2 heterocycles. The molecule has 0 amide bonds. The van der Waals surface area contributed by atoms with Crippen molar-refractivity contribution in [1.29, 1.82) is 0 Å². The number of pyridine rings is 1. The van der Waals surface area contributed by atoms with Crippen LogP contribution in [-0.2, 0) is 11.5 Å². The smallest absolute Gasteiger partial charge is 0.139 e. The Hall–Kier alpha value is -0.983. The summed E-state index contributed by atoms with van der Waals surface area (Å²) < 4.78 is 8.61. The zero-order valence-electron chi connectivity index (χ0n) is 13.1. The quantitative estimate of drug-likeness (QED) is 0.563. The molecule has 0 saturated heterocycles. The van der Waals surface area contributed by atoms with Crippen LogP contribution in [0.3, 0.4) is 0 Å². The zero-order valence-corrected chi connectivity index (χ0v) is 15.6. The first-order valence-electron chi connectivity index (χ1n) is 7.09. The van der Waals surface area contributed by atoms with Crippen LogP contribution in [0, 0.1) is 6.92 Å². The van der Waals surface area contributed by atoms with Gasteiger partial charge in [0.15, 0.2) is 0 Å². The maximum atomic E-state index is 5.75. The molecule has 0 bridgehead atoms. The number of ether oxygens (including phenoxy) is 1. The molecule has 2 aromatic rings. The van der Waals surface area contributed by atoms with Gasteiger partial charge >= 0.3 is 0 Å². The second-order valence-electron chi connectivity index (χ2n) is 6.38. The number of halogens is 1. The summed E-state index contributed by atoms with van der Waals surface area (Å²) in [5.41, 5.74) is 2.85. The van der Waals surface area contributed by atoms with Gasteiger partial charge in [-0.25, -0.2) is 4.68 Å². The van der Waals surface area contributed by atoms with E-state index in [0.29, 0.717) is 6.73 Å². The van der Waals surface area contributed by atoms with Crippen LogP contribution >= 0.6 is 15.9 Å². The van der Waals surface area contributed by atoms with Crippen LogP contribution in [0.2, 0.25) is 25.7 Å². The van der Waals surface area contributed by atoms with Gasteiger partial charge in [-0.15, -0.1) is 0 Å². The summed E-state index contributed by atoms with van der Waals surface area (Å²) >= 11 is 3.39. The maximum absolute atomic E-state index is 5.75. The van der Waals surface area contributed by atoms with Crippen molar-refractivity contribution in [2.45, 2.75) is 39.3 Å². The van der Waals surface area contributed by atoms with Crippen molar-refractivity contribution < 1.29 is 4.74 Å². The van der Waals surface area contributed by atoms with Crippen LogP contribution in [-0.4, -0.2) is 29.4 Å². The summed E-state index contributed by atoms with van der Waals surface area (Å²) in [4.78, 5) is 4.37. The summed E-state index contributed by atoms with van der Waals surface area (Å²) in [6, 6.07) is 7.15. The summed E-state index contributed by atoms with van der Waals surface area (Å²) in [7, 11) is -1.03. The highest BCUT2D eigenvalue weighted by Crippen LogP contribution is 2.18. The van der Waals surface area contributed by atoms with Crippen LogP contribution in [0.25, 0.3) is 11.4 Å². The Balaban J connectivity index is 1.98. The number of hydrogen-bond acceptors (Lipinski definition) is 3. The lowest BCUT2D eigenvalue weighted by molar-refractivity contribution is 0.0773. The van der Waals surface area contributed by atoms with Gasteiger partial charge in [-0.2, -0.15) is 5.10 Å². The van der Waals surface area contributed by atoms with E-state index in [-0.39, 0.29) is 0 Å². The molecule has 2 rings (SSSR count). The van der Waals surface area contributed by atoms with Crippen LogP contribution in [0.5, 0.6) is 0 Å². The van der Waals surface area contributed by atoms with Gasteiger partial charge in [-0.3, -0.25) is 4.98 Å². The highest BCUT2D eigenvalue weighted by atomic mass is 79.9. The predicted molar refractivity (Wildman–Crippen MR) is 92.0 cm³/mol. The molecular formula is C15H22BrN3OSi. The molecule has 0 aliphatic rings. The SMILES string of the molecule is Cc1cc(-c2ccc(Br)cn2)nn1COCC[Si](C)(C)C. The fourth-order valence-electron chi connectivity index (χ4n) is 1.82. The highest BCUT2D eigenvalue weighted by molar-refractivity contribution is 9.10. The maximum Gasteiger partial charge on any atom is 0.139 e. The van der Waals surface area contributed by atoms with E-state index in [2.05, 4.69) is 45.7 Å². The zero-order chi connectivity index (χ0) is 15.5. The van der Waals surface area contributed by atoms with E-state index in [9.17, 15) is 0 Å². The van der Waals surface area contributed by atoms with Crippen molar-refractivity contribution in [1.82, 2.24) is 14.8 Å². The molecular weight excluding hydrogens is 346 g/mol. The van der Waals surface area contributed by atoms with E-state index in [1.807, 2.05) is 29.8 Å². The Morgan fingerprint density at radius 1 is 1.24 bits per heavy atom. The molecule has 0 atom stereocenters. The number of aromatic nitrogens is 3. The molecule has 4 nitrogen and oxygen atoms in total. The third kappa shape index (κ3) is 5.05. The fourth-order valence-corrected chi connectivity index (χ4v) is 2.81. The van der Waals surface area contributed by atoms with E-state index < -0.39 is 8.07 Å². The topological polar surface area (TPSA) is 39.9 Å². The summed E-state index contributed by atoms with van der Waals surface area (Å²) in [5, 5.41) is 4.57. The van der Waals surface area contributed by atoms with Gasteiger partial charge in [0.25, 0.3) is 0 Å². The molecule has 0 saturated carbocycles. The molecule has 2 aromatic heterocycles. The normalized spacial score (nSPS) is 11.9. The Morgan fingerprint density at radius 2 is 2.00 bits per heavy atom. The van der Waals surface area contributed by atoms with Gasteiger partial charge in [-0.05, 0) is 47.1 Å². The monoisotopic (exact) mass is 367 g/mol. The minimum atomic E-state index is -1.03. The Kier molecular flexibility index (Phi) is 5.35. The van der Waals surface area contributed by atoms with Gasteiger partial charge in [0, 0.05) is 31.0 Å². The Bertz CT molecular complexity index is 590. The molecule has 6 heteroatoms. The summed E-state index contributed by atoms with van der Waals surface area (Å²) in [5.74, 6) is 0. The molecule has 0 radical (unpaired) electrons. The molecule has 0 fully saturated rings. The Labute approximate surface area is 135 Å². The van der Waals surface area contributed by atoms with Crippen LogP contribution in [0.15, 0.2) is 28.9 Å². The number of nitrogens with zero attached hydrogens (tertiary/aromatic N) is 3. The molecule has 0 N–H and O–H groups in total. The third-order valence-corrected chi connectivity index (χ3v) is 5.35. The van der Waals surface area contributed by atoms with Crippen molar-refractivity contribution in [3.8, 4) is 11.4 Å². The lowest BCUT2D eigenvalue weighted by Gasteiger charge is -2.15. The van der Waals surface area contributed by atoms with E-state index >= 15 is 0 Å². The van der Waals surface area contributed by atoms with Crippen LogP contribution < -0.4 is 0 Å². The fraction of sp³-hybridized carbons (Fsp3) is 0.467. The molecule has 0 aromatic carbocycles. The van der Waals surface area contributed by atoms with Crippen molar-refractivity contribution in [2.24, 2.45) is 0 Å². The Morgan fingerprint density at radius 3 is 2.62 bits per heavy atom. The predicted octanol–water partition coefficient (Wildman–Crippen LogP) is 4.33. The molecule has 114 valence electrons.